The second-order valence-electron chi connectivity index (χ2n) is 6.95. The maximum Gasteiger partial charge on any atom is 0.254 e. The van der Waals surface area contributed by atoms with Gasteiger partial charge in [0.25, 0.3) is 5.91 Å². The summed E-state index contributed by atoms with van der Waals surface area (Å²) >= 11 is 0. The van der Waals surface area contributed by atoms with Crippen molar-refractivity contribution in [3.8, 4) is 0 Å². The molecule has 0 bridgehead atoms. The Morgan fingerprint density at radius 1 is 1.04 bits per heavy atom. The maximum atomic E-state index is 13.2. The van der Waals surface area contributed by atoms with Gasteiger partial charge in [0.05, 0.1) is 6.04 Å². The molecule has 1 atom stereocenters. The SMILES string of the molecule is Cl.NCc1ccc(C(=O)N(C2CC2)C2CCCc3ccccc32)cc1. The summed E-state index contributed by atoms with van der Waals surface area (Å²) in [6, 6.07) is 17.0. The molecule has 0 radical (unpaired) electrons. The van der Waals surface area contributed by atoms with Crippen LogP contribution in [0.4, 0.5) is 0 Å². The summed E-state index contributed by atoms with van der Waals surface area (Å²) in [5.74, 6) is 0.169. The van der Waals surface area contributed by atoms with E-state index in [-0.39, 0.29) is 24.4 Å². The lowest BCUT2D eigenvalue weighted by atomic mass is 9.86. The number of hydrogen-bond acceptors (Lipinski definition) is 2. The number of nitrogens with zero attached hydrogens (tertiary/aromatic N) is 1. The van der Waals surface area contributed by atoms with Gasteiger partial charge in [0.1, 0.15) is 0 Å². The fourth-order valence-corrected chi connectivity index (χ4v) is 3.86. The second kappa shape index (κ2) is 7.59. The van der Waals surface area contributed by atoms with E-state index in [1.165, 1.54) is 11.1 Å². The summed E-state index contributed by atoms with van der Waals surface area (Å²) in [5.41, 5.74) is 10.3. The van der Waals surface area contributed by atoms with Crippen LogP contribution in [-0.4, -0.2) is 16.8 Å². The van der Waals surface area contributed by atoms with Crippen molar-refractivity contribution in [2.24, 2.45) is 5.73 Å². The standard InChI is InChI=1S/C21H24N2O.ClH/c22-14-15-8-10-17(11-9-15)21(24)23(18-12-13-18)20-7-3-5-16-4-1-2-6-19(16)20;/h1-2,4,6,8-11,18,20H,3,5,7,12-14,22H2;1H. The fraction of sp³-hybridized carbons (Fsp3) is 0.381. The molecule has 1 unspecified atom stereocenters. The van der Waals surface area contributed by atoms with Gasteiger partial charge in [-0.3, -0.25) is 4.79 Å². The van der Waals surface area contributed by atoms with Crippen molar-refractivity contribution in [3.63, 3.8) is 0 Å². The zero-order valence-corrected chi connectivity index (χ0v) is 15.2. The van der Waals surface area contributed by atoms with Gasteiger partial charge < -0.3 is 10.6 Å². The Hall–Kier alpha value is -1.84. The molecule has 2 aromatic rings. The zero-order valence-electron chi connectivity index (χ0n) is 14.4. The number of carbonyl (C=O) groups is 1. The van der Waals surface area contributed by atoms with Crippen molar-refractivity contribution in [2.75, 3.05) is 0 Å². The molecule has 0 aliphatic heterocycles. The summed E-state index contributed by atoms with van der Waals surface area (Å²) < 4.78 is 0. The van der Waals surface area contributed by atoms with Crippen LogP contribution in [0.15, 0.2) is 48.5 Å². The Morgan fingerprint density at radius 3 is 2.44 bits per heavy atom. The second-order valence-corrected chi connectivity index (χ2v) is 6.95. The molecule has 25 heavy (non-hydrogen) atoms. The van der Waals surface area contributed by atoms with Gasteiger partial charge in [-0.2, -0.15) is 0 Å². The van der Waals surface area contributed by atoms with Crippen molar-refractivity contribution in [3.05, 3.63) is 70.8 Å². The van der Waals surface area contributed by atoms with E-state index in [0.29, 0.717) is 12.6 Å². The molecule has 4 heteroatoms. The van der Waals surface area contributed by atoms with Crippen LogP contribution in [0.2, 0.25) is 0 Å². The van der Waals surface area contributed by atoms with Gasteiger partial charge in [0, 0.05) is 18.2 Å². The number of benzene rings is 2. The molecule has 4 rings (SSSR count). The molecule has 0 spiro atoms. The van der Waals surface area contributed by atoms with Gasteiger partial charge in [0.2, 0.25) is 0 Å². The van der Waals surface area contributed by atoms with E-state index in [0.717, 1.165) is 43.2 Å². The normalized spacial score (nSPS) is 18.8. The molecule has 2 aliphatic carbocycles. The first-order valence-corrected chi connectivity index (χ1v) is 8.97. The molecular formula is C21H25ClN2O. The lowest BCUT2D eigenvalue weighted by molar-refractivity contribution is 0.0638. The molecule has 3 nitrogen and oxygen atoms in total. The van der Waals surface area contributed by atoms with Crippen LogP contribution in [0.1, 0.15) is 58.8 Å². The average molecular weight is 357 g/mol. The molecule has 132 valence electrons. The van der Waals surface area contributed by atoms with Crippen LogP contribution in [0.3, 0.4) is 0 Å². The highest BCUT2D eigenvalue weighted by molar-refractivity contribution is 5.95. The Morgan fingerprint density at radius 2 is 1.76 bits per heavy atom. The lowest BCUT2D eigenvalue weighted by Gasteiger charge is -2.36. The summed E-state index contributed by atoms with van der Waals surface area (Å²) in [4.78, 5) is 15.4. The van der Waals surface area contributed by atoms with E-state index >= 15 is 0 Å². The Labute approximate surface area is 155 Å². The van der Waals surface area contributed by atoms with Crippen molar-refractivity contribution in [1.29, 1.82) is 0 Å². The van der Waals surface area contributed by atoms with E-state index in [4.69, 9.17) is 5.73 Å². The van der Waals surface area contributed by atoms with Gasteiger partial charge in [-0.05, 0) is 60.9 Å². The van der Waals surface area contributed by atoms with Gasteiger partial charge >= 0.3 is 0 Å². The number of hydrogen-bond donors (Lipinski definition) is 1. The van der Waals surface area contributed by atoms with Crippen molar-refractivity contribution in [2.45, 2.75) is 50.7 Å². The summed E-state index contributed by atoms with van der Waals surface area (Å²) in [6.45, 7) is 0.511. The average Bonchev–Trinajstić information content (AvgIpc) is 3.47. The van der Waals surface area contributed by atoms with Crippen LogP contribution < -0.4 is 5.73 Å². The van der Waals surface area contributed by atoms with E-state index < -0.39 is 0 Å². The highest BCUT2D eigenvalue weighted by atomic mass is 35.5. The third-order valence-electron chi connectivity index (χ3n) is 5.28. The third-order valence-corrected chi connectivity index (χ3v) is 5.28. The van der Waals surface area contributed by atoms with E-state index in [2.05, 4.69) is 29.2 Å². The highest BCUT2D eigenvalue weighted by Gasteiger charge is 2.39. The largest absolute Gasteiger partial charge is 0.329 e. The number of amides is 1. The predicted molar refractivity (Wildman–Crippen MR) is 103 cm³/mol. The first-order valence-electron chi connectivity index (χ1n) is 8.97. The van der Waals surface area contributed by atoms with Crippen LogP contribution in [0.5, 0.6) is 0 Å². The third kappa shape index (κ3) is 3.58. The minimum Gasteiger partial charge on any atom is -0.329 e. The summed E-state index contributed by atoms with van der Waals surface area (Å²) in [7, 11) is 0. The molecule has 0 heterocycles. The molecule has 0 saturated heterocycles. The van der Waals surface area contributed by atoms with Crippen molar-refractivity contribution in [1.82, 2.24) is 4.90 Å². The summed E-state index contributed by atoms with van der Waals surface area (Å²) in [6.07, 6.45) is 5.62. The van der Waals surface area contributed by atoms with Gasteiger partial charge in [-0.15, -0.1) is 12.4 Å². The van der Waals surface area contributed by atoms with Crippen LogP contribution in [-0.2, 0) is 13.0 Å². The molecule has 2 aromatic carbocycles. The minimum absolute atomic E-state index is 0. The van der Waals surface area contributed by atoms with Crippen LogP contribution >= 0.6 is 12.4 Å². The van der Waals surface area contributed by atoms with Gasteiger partial charge in [-0.25, -0.2) is 0 Å². The van der Waals surface area contributed by atoms with Crippen molar-refractivity contribution < 1.29 is 4.79 Å². The number of nitrogens with two attached hydrogens (primary N) is 1. The quantitative estimate of drug-likeness (QED) is 0.890. The zero-order chi connectivity index (χ0) is 16.5. The predicted octanol–water partition coefficient (Wildman–Crippen LogP) is 4.25. The molecule has 1 amide bonds. The maximum absolute atomic E-state index is 13.2. The molecule has 1 fully saturated rings. The Bertz CT molecular complexity index is 740. The highest BCUT2D eigenvalue weighted by Crippen LogP contribution is 2.41. The number of carbonyl (C=O) groups excluding carboxylic acids is 1. The minimum atomic E-state index is 0. The van der Waals surface area contributed by atoms with Gasteiger partial charge in [0.15, 0.2) is 0 Å². The van der Waals surface area contributed by atoms with Crippen LogP contribution in [0.25, 0.3) is 0 Å². The van der Waals surface area contributed by atoms with Crippen molar-refractivity contribution >= 4 is 18.3 Å². The Kier molecular flexibility index (Phi) is 5.45. The first kappa shape index (κ1) is 18.0. The molecule has 0 aromatic heterocycles. The number of halogens is 1. The smallest absolute Gasteiger partial charge is 0.254 e. The monoisotopic (exact) mass is 356 g/mol. The topological polar surface area (TPSA) is 46.3 Å². The molecule has 1 saturated carbocycles. The molecular weight excluding hydrogens is 332 g/mol. The van der Waals surface area contributed by atoms with E-state index in [1.807, 2.05) is 24.3 Å². The van der Waals surface area contributed by atoms with E-state index in [1.54, 1.807) is 0 Å². The van der Waals surface area contributed by atoms with E-state index in [9.17, 15) is 4.79 Å². The summed E-state index contributed by atoms with van der Waals surface area (Å²) in [5, 5.41) is 0. The van der Waals surface area contributed by atoms with Crippen LogP contribution in [0, 0.1) is 0 Å². The fourth-order valence-electron chi connectivity index (χ4n) is 3.86. The lowest BCUT2D eigenvalue weighted by Crippen LogP contribution is -2.38. The first-order chi connectivity index (χ1) is 11.8. The Balaban J connectivity index is 0.00000182. The van der Waals surface area contributed by atoms with Gasteiger partial charge in [-0.1, -0.05) is 36.4 Å². The number of fused-ring (bicyclic) bond motifs is 1. The number of rotatable bonds is 4. The number of aryl methyl sites for hydroxylation is 1. The molecule has 2 N–H and O–H groups in total. The molecule has 2 aliphatic rings.